The highest BCUT2D eigenvalue weighted by molar-refractivity contribution is 7.36. The van der Waals surface area contributed by atoms with Crippen molar-refractivity contribution in [1.82, 2.24) is 4.98 Å². The summed E-state index contributed by atoms with van der Waals surface area (Å²) in [5.74, 6) is 2.10. The number of benzene rings is 3. The molecule has 0 unspecified atom stereocenters. The average Bonchev–Trinajstić information content (AvgIpc) is 2.86. The Balaban J connectivity index is 2.34. The summed E-state index contributed by atoms with van der Waals surface area (Å²) in [6.07, 6.45) is 0. The summed E-state index contributed by atoms with van der Waals surface area (Å²) >= 11 is 0. The van der Waals surface area contributed by atoms with Gasteiger partial charge in [0.2, 0.25) is 0 Å². The zero-order chi connectivity index (χ0) is 11.2. The van der Waals surface area contributed by atoms with Gasteiger partial charge in [-0.05, 0) is 35.8 Å². The maximum atomic E-state index is 3.30. The first-order valence-electron chi connectivity index (χ1n) is 5.67. The molecule has 0 aliphatic rings. The Kier molecular flexibility index (Phi) is 1.80. The summed E-state index contributed by atoms with van der Waals surface area (Å²) in [7, 11) is 1.27. The first-order valence-corrected chi connectivity index (χ1v) is 6.63. The lowest BCUT2D eigenvalue weighted by Crippen LogP contribution is -1.77. The van der Waals surface area contributed by atoms with Gasteiger partial charge in [0.25, 0.3) is 0 Å². The van der Waals surface area contributed by atoms with Crippen LogP contribution in [0.2, 0.25) is 0 Å². The highest BCUT2D eigenvalue weighted by atomic mass is 31.0. The molecular weight excluding hydrogens is 225 g/mol. The van der Waals surface area contributed by atoms with E-state index in [9.17, 15) is 0 Å². The number of nitrogens with one attached hydrogen (secondary N) is 1. The summed E-state index contributed by atoms with van der Waals surface area (Å²) in [5, 5.41) is 6.77. The molecule has 0 saturated heterocycles. The maximum Gasteiger partial charge on any atom is 0.0509 e. The maximum absolute atomic E-state index is 3.30. The van der Waals surface area contributed by atoms with Crippen LogP contribution in [-0.2, 0) is 0 Å². The van der Waals surface area contributed by atoms with Crippen molar-refractivity contribution in [2.24, 2.45) is 0 Å². The molecular formula is C15H10NP. The van der Waals surface area contributed by atoms with Crippen molar-refractivity contribution < 1.29 is 0 Å². The van der Waals surface area contributed by atoms with Gasteiger partial charge in [0.05, 0.1) is 5.52 Å². The van der Waals surface area contributed by atoms with Crippen LogP contribution < -0.4 is 0 Å². The lowest BCUT2D eigenvalue weighted by atomic mass is 10.0. The molecule has 80 valence electrons. The zero-order valence-electron chi connectivity index (χ0n) is 9.14. The Labute approximate surface area is 100 Å². The second-order valence-electron chi connectivity index (χ2n) is 4.25. The van der Waals surface area contributed by atoms with Crippen LogP contribution in [0, 0.1) is 0 Å². The lowest BCUT2D eigenvalue weighted by molar-refractivity contribution is 1.51. The van der Waals surface area contributed by atoms with Gasteiger partial charge in [-0.25, -0.2) is 0 Å². The number of hydrogen-bond acceptors (Lipinski definition) is 0. The quantitative estimate of drug-likeness (QED) is 0.410. The van der Waals surface area contributed by atoms with Gasteiger partial charge >= 0.3 is 0 Å². The van der Waals surface area contributed by atoms with Crippen LogP contribution in [0.4, 0.5) is 0 Å². The van der Waals surface area contributed by atoms with Crippen LogP contribution >= 0.6 is 8.19 Å². The Hall–Kier alpha value is -1.85. The molecule has 0 aliphatic heterocycles. The van der Waals surface area contributed by atoms with Crippen molar-refractivity contribution >= 4 is 40.4 Å². The van der Waals surface area contributed by atoms with E-state index in [2.05, 4.69) is 59.4 Å². The van der Waals surface area contributed by atoms with Gasteiger partial charge in [-0.15, -0.1) is 0 Å². The number of aromatic nitrogens is 1. The van der Waals surface area contributed by atoms with Crippen LogP contribution in [0.5, 0.6) is 0 Å². The Bertz CT molecular complexity index is 845. The summed E-state index contributed by atoms with van der Waals surface area (Å²) in [4.78, 5) is 3.30. The molecule has 4 aromatic rings. The summed E-state index contributed by atoms with van der Waals surface area (Å²) in [6, 6.07) is 17.4. The molecule has 0 atom stereocenters. The zero-order valence-corrected chi connectivity index (χ0v) is 10.0. The summed E-state index contributed by atoms with van der Waals surface area (Å²) in [6.45, 7) is 0. The molecule has 1 heterocycles. The van der Waals surface area contributed by atoms with Crippen LogP contribution in [0.25, 0.3) is 32.2 Å². The molecule has 4 rings (SSSR count). The first-order chi connectivity index (χ1) is 8.43. The molecule has 3 aromatic carbocycles. The monoisotopic (exact) mass is 235 g/mol. The Morgan fingerprint density at radius 1 is 0.765 bits per heavy atom. The molecule has 0 radical (unpaired) electrons. The molecule has 17 heavy (non-hydrogen) atoms. The third-order valence-electron chi connectivity index (χ3n) is 3.31. The first kappa shape index (κ1) is 9.21. The van der Waals surface area contributed by atoms with Crippen molar-refractivity contribution in [3.63, 3.8) is 0 Å². The Morgan fingerprint density at radius 2 is 1.65 bits per heavy atom. The largest absolute Gasteiger partial charge is 0.357 e. The number of hydrogen-bond donors (Lipinski definition) is 1. The Morgan fingerprint density at radius 3 is 2.65 bits per heavy atom. The molecule has 1 aromatic heterocycles. The predicted molar refractivity (Wildman–Crippen MR) is 75.8 cm³/mol. The number of H-pyrrole nitrogens is 1. The van der Waals surface area contributed by atoms with Crippen molar-refractivity contribution in [2.75, 3.05) is 0 Å². The number of fused-ring (bicyclic) bond motifs is 5. The molecule has 0 aliphatic carbocycles. The minimum absolute atomic E-state index is 1.24. The van der Waals surface area contributed by atoms with E-state index in [1.807, 2.05) is 0 Å². The van der Waals surface area contributed by atoms with Crippen molar-refractivity contribution in [3.05, 3.63) is 54.5 Å². The molecule has 0 fully saturated rings. The van der Waals surface area contributed by atoms with E-state index in [4.69, 9.17) is 0 Å². The molecule has 0 amide bonds. The molecule has 0 spiro atoms. The van der Waals surface area contributed by atoms with Crippen LogP contribution in [0.15, 0.2) is 54.5 Å². The highest BCUT2D eigenvalue weighted by Gasteiger charge is 2.04. The van der Waals surface area contributed by atoms with Crippen LogP contribution in [0.3, 0.4) is 0 Å². The summed E-state index contributed by atoms with van der Waals surface area (Å²) < 4.78 is 0. The van der Waals surface area contributed by atoms with Gasteiger partial charge in [-0.3, -0.25) is 0 Å². The van der Waals surface area contributed by atoms with E-state index in [1.165, 1.54) is 40.4 Å². The fraction of sp³-hybridized carbons (Fsp3) is 0. The van der Waals surface area contributed by atoms with Gasteiger partial charge < -0.3 is 4.98 Å². The highest BCUT2D eigenvalue weighted by Crippen LogP contribution is 2.34. The van der Waals surface area contributed by atoms with Crippen LogP contribution in [-0.4, -0.2) is 4.98 Å². The standard InChI is InChI=1S/C15H10NP/c1-2-4-11-10(3-1)5-6-13-12(11)7-8-14-15(13)17-9-16-14/h1-9,16H. The fourth-order valence-corrected chi connectivity index (χ4v) is 3.44. The van der Waals surface area contributed by atoms with E-state index in [0.29, 0.717) is 0 Å². The second-order valence-corrected chi connectivity index (χ2v) is 5.21. The van der Waals surface area contributed by atoms with Gasteiger partial charge in [0.1, 0.15) is 0 Å². The number of aromatic amines is 1. The van der Waals surface area contributed by atoms with Gasteiger partial charge in [0.15, 0.2) is 0 Å². The van der Waals surface area contributed by atoms with E-state index < -0.39 is 0 Å². The van der Waals surface area contributed by atoms with Gasteiger partial charge in [-0.1, -0.05) is 42.5 Å². The van der Waals surface area contributed by atoms with E-state index in [0.717, 1.165) is 0 Å². The van der Waals surface area contributed by atoms with Crippen molar-refractivity contribution in [1.29, 1.82) is 0 Å². The third kappa shape index (κ3) is 1.23. The van der Waals surface area contributed by atoms with E-state index in [1.54, 1.807) is 0 Å². The molecule has 2 heteroatoms. The number of rotatable bonds is 0. The van der Waals surface area contributed by atoms with Crippen molar-refractivity contribution in [2.45, 2.75) is 0 Å². The minimum Gasteiger partial charge on any atom is -0.357 e. The minimum atomic E-state index is 1.24. The molecule has 1 N–H and O–H groups in total. The second kappa shape index (κ2) is 3.32. The molecule has 0 bridgehead atoms. The normalized spacial score (nSPS) is 12.0. The smallest absolute Gasteiger partial charge is 0.0509 e. The molecule has 1 nitrogen and oxygen atoms in total. The van der Waals surface area contributed by atoms with Crippen molar-refractivity contribution in [3.8, 4) is 0 Å². The van der Waals surface area contributed by atoms with Gasteiger partial charge in [-0.2, -0.15) is 0 Å². The average molecular weight is 235 g/mol. The van der Waals surface area contributed by atoms with Gasteiger partial charge in [0, 0.05) is 11.0 Å². The fourth-order valence-electron chi connectivity index (χ4n) is 2.49. The summed E-state index contributed by atoms with van der Waals surface area (Å²) in [5.41, 5.74) is 1.24. The topological polar surface area (TPSA) is 15.8 Å². The third-order valence-corrected chi connectivity index (χ3v) is 4.31. The van der Waals surface area contributed by atoms with E-state index >= 15 is 0 Å². The van der Waals surface area contributed by atoms with Crippen LogP contribution in [0.1, 0.15) is 0 Å². The predicted octanol–water partition coefficient (Wildman–Crippen LogP) is 5.05. The lowest BCUT2D eigenvalue weighted by Gasteiger charge is -2.04. The SMILES string of the molecule is c1ccc2c(c1)ccc1c2ccc2[nH]cpc21. The molecule has 0 saturated carbocycles. The van der Waals surface area contributed by atoms with E-state index in [-0.39, 0.29) is 0 Å².